The lowest BCUT2D eigenvalue weighted by Crippen LogP contribution is -2.21. The third-order valence-electron chi connectivity index (χ3n) is 2.30. The average Bonchev–Trinajstić information content (AvgIpc) is 2.59. The van der Waals surface area contributed by atoms with Crippen LogP contribution in [0.5, 0.6) is 5.75 Å². The van der Waals surface area contributed by atoms with E-state index in [0.29, 0.717) is 10.8 Å². The maximum absolute atomic E-state index is 11.6. The van der Waals surface area contributed by atoms with E-state index in [-0.39, 0.29) is 12.0 Å². The molecule has 1 saturated heterocycles. The Balaban J connectivity index is 2.31. The van der Waals surface area contributed by atoms with Gasteiger partial charge in [0.15, 0.2) is 5.11 Å². The summed E-state index contributed by atoms with van der Waals surface area (Å²) in [6, 6.07) is 7.55. The van der Waals surface area contributed by atoms with Crippen molar-refractivity contribution >= 4 is 29.3 Å². The Morgan fingerprint density at radius 1 is 1.28 bits per heavy atom. The Labute approximate surface area is 111 Å². The quantitative estimate of drug-likeness (QED) is 0.644. The largest absolute Gasteiger partial charge is 0.490 e. The fourth-order valence-electron chi connectivity index (χ4n) is 1.60. The number of carbonyl (C=O) groups excluding carboxylic acids is 1. The minimum absolute atomic E-state index is 0.0796. The normalized spacial score (nSPS) is 16.9. The smallest absolute Gasteiger partial charge is 0.273 e. The zero-order chi connectivity index (χ0) is 13.1. The van der Waals surface area contributed by atoms with Crippen LogP contribution >= 0.6 is 12.2 Å². The van der Waals surface area contributed by atoms with Gasteiger partial charge < -0.3 is 10.1 Å². The van der Waals surface area contributed by atoms with E-state index in [2.05, 4.69) is 10.6 Å². The van der Waals surface area contributed by atoms with Crippen LogP contribution in [0.1, 0.15) is 19.4 Å². The molecule has 0 radical (unpaired) electrons. The Bertz CT molecular complexity index is 523. The van der Waals surface area contributed by atoms with E-state index in [1.807, 2.05) is 38.1 Å². The molecule has 1 aromatic rings. The molecule has 1 aliphatic rings. The number of ether oxygens (including phenoxy) is 1. The third kappa shape index (κ3) is 2.87. The summed E-state index contributed by atoms with van der Waals surface area (Å²) >= 11 is 4.88. The molecule has 0 saturated carbocycles. The van der Waals surface area contributed by atoms with E-state index in [4.69, 9.17) is 17.0 Å². The zero-order valence-electron chi connectivity index (χ0n) is 10.2. The molecule has 1 aliphatic heterocycles. The minimum atomic E-state index is -0.223. The number of thiocarbonyl (C=S) groups is 1. The van der Waals surface area contributed by atoms with Crippen molar-refractivity contribution in [3.05, 3.63) is 35.5 Å². The van der Waals surface area contributed by atoms with Crippen molar-refractivity contribution < 1.29 is 9.53 Å². The number of hydrogen-bond donors (Lipinski definition) is 2. The van der Waals surface area contributed by atoms with E-state index >= 15 is 0 Å². The number of amides is 1. The molecule has 1 amide bonds. The van der Waals surface area contributed by atoms with Gasteiger partial charge in [0.1, 0.15) is 11.4 Å². The molecular formula is C13H14N2O2S. The van der Waals surface area contributed by atoms with E-state index in [1.54, 1.807) is 6.08 Å². The van der Waals surface area contributed by atoms with Crippen molar-refractivity contribution in [2.24, 2.45) is 0 Å². The monoisotopic (exact) mass is 262 g/mol. The second-order valence-corrected chi connectivity index (χ2v) is 4.58. The Morgan fingerprint density at radius 2 is 2.00 bits per heavy atom. The summed E-state index contributed by atoms with van der Waals surface area (Å²) in [5, 5.41) is 5.66. The molecule has 18 heavy (non-hydrogen) atoms. The molecule has 1 fully saturated rings. The number of rotatable bonds is 3. The highest BCUT2D eigenvalue weighted by Gasteiger charge is 2.20. The predicted octanol–water partition coefficient (Wildman–Crippen LogP) is 1.82. The molecular weight excluding hydrogens is 248 g/mol. The Hall–Kier alpha value is -1.88. The van der Waals surface area contributed by atoms with Crippen LogP contribution < -0.4 is 15.4 Å². The second-order valence-electron chi connectivity index (χ2n) is 4.17. The van der Waals surface area contributed by atoms with Crippen molar-refractivity contribution in [2.45, 2.75) is 20.0 Å². The summed E-state index contributed by atoms with van der Waals surface area (Å²) < 4.78 is 5.68. The summed E-state index contributed by atoms with van der Waals surface area (Å²) in [5.74, 6) is 0.520. The SMILES string of the molecule is CC(C)Oc1ccccc1C=C1NC(=S)NC1=O. The fraction of sp³-hybridized carbons (Fsp3) is 0.231. The van der Waals surface area contributed by atoms with Crippen LogP contribution in [0.3, 0.4) is 0 Å². The molecule has 0 aliphatic carbocycles. The standard InChI is InChI=1S/C13H14N2O2S/c1-8(2)17-11-6-4-3-5-9(11)7-10-12(16)15-13(18)14-10/h3-8H,1-2H3,(H2,14,15,16,18). The number of benzene rings is 1. The van der Waals surface area contributed by atoms with Crippen LogP contribution in [0.4, 0.5) is 0 Å². The summed E-state index contributed by atoms with van der Waals surface area (Å²) in [7, 11) is 0. The predicted molar refractivity (Wildman–Crippen MR) is 74.1 cm³/mol. The molecule has 1 heterocycles. The van der Waals surface area contributed by atoms with Crippen molar-refractivity contribution in [2.75, 3.05) is 0 Å². The topological polar surface area (TPSA) is 50.4 Å². The fourth-order valence-corrected chi connectivity index (χ4v) is 1.80. The van der Waals surface area contributed by atoms with Crippen LogP contribution in [0.15, 0.2) is 30.0 Å². The summed E-state index contributed by atoms with van der Waals surface area (Å²) in [6.07, 6.45) is 1.81. The highest BCUT2D eigenvalue weighted by Crippen LogP contribution is 2.22. The molecule has 0 aromatic heterocycles. The molecule has 0 bridgehead atoms. The van der Waals surface area contributed by atoms with Crippen molar-refractivity contribution in [1.82, 2.24) is 10.6 Å². The van der Waals surface area contributed by atoms with Gasteiger partial charge in [-0.1, -0.05) is 18.2 Å². The van der Waals surface area contributed by atoms with Gasteiger partial charge in [-0.2, -0.15) is 0 Å². The van der Waals surface area contributed by atoms with Crippen LogP contribution in [0.25, 0.3) is 6.08 Å². The second kappa shape index (κ2) is 5.18. The third-order valence-corrected chi connectivity index (χ3v) is 2.51. The van der Waals surface area contributed by atoms with Gasteiger partial charge in [-0.25, -0.2) is 0 Å². The molecule has 0 atom stereocenters. The average molecular weight is 262 g/mol. The van der Waals surface area contributed by atoms with Crippen LogP contribution in [-0.2, 0) is 4.79 Å². The van der Waals surface area contributed by atoms with Gasteiger partial charge in [0.2, 0.25) is 0 Å². The lowest BCUT2D eigenvalue weighted by molar-refractivity contribution is -0.115. The van der Waals surface area contributed by atoms with Gasteiger partial charge in [0.25, 0.3) is 5.91 Å². The molecule has 0 unspecified atom stereocenters. The summed E-state index contributed by atoms with van der Waals surface area (Å²) in [6.45, 7) is 3.92. The van der Waals surface area contributed by atoms with E-state index < -0.39 is 0 Å². The van der Waals surface area contributed by atoms with Gasteiger partial charge in [-0.05, 0) is 38.2 Å². The van der Waals surface area contributed by atoms with E-state index in [9.17, 15) is 4.79 Å². The first kappa shape index (κ1) is 12.6. The number of para-hydroxylation sites is 1. The summed E-state index contributed by atoms with van der Waals surface area (Å²) in [4.78, 5) is 11.6. The molecule has 4 nitrogen and oxygen atoms in total. The first-order valence-electron chi connectivity index (χ1n) is 5.66. The number of carbonyl (C=O) groups is 1. The summed E-state index contributed by atoms with van der Waals surface area (Å²) in [5.41, 5.74) is 1.27. The molecule has 5 heteroatoms. The molecule has 2 rings (SSSR count). The maximum Gasteiger partial charge on any atom is 0.273 e. The first-order valence-corrected chi connectivity index (χ1v) is 6.07. The zero-order valence-corrected chi connectivity index (χ0v) is 11.0. The highest BCUT2D eigenvalue weighted by molar-refractivity contribution is 7.80. The molecule has 1 aromatic carbocycles. The maximum atomic E-state index is 11.6. The minimum Gasteiger partial charge on any atom is -0.490 e. The van der Waals surface area contributed by atoms with Gasteiger partial charge in [-0.15, -0.1) is 0 Å². The highest BCUT2D eigenvalue weighted by atomic mass is 32.1. The molecule has 2 N–H and O–H groups in total. The van der Waals surface area contributed by atoms with Crippen LogP contribution in [0, 0.1) is 0 Å². The molecule has 0 spiro atoms. The van der Waals surface area contributed by atoms with Crippen molar-refractivity contribution in [3.8, 4) is 5.75 Å². The van der Waals surface area contributed by atoms with E-state index in [1.165, 1.54) is 0 Å². The van der Waals surface area contributed by atoms with Gasteiger partial charge in [-0.3, -0.25) is 10.1 Å². The van der Waals surface area contributed by atoms with Crippen molar-refractivity contribution in [3.63, 3.8) is 0 Å². The van der Waals surface area contributed by atoms with Gasteiger partial charge in [0, 0.05) is 5.56 Å². The lowest BCUT2D eigenvalue weighted by atomic mass is 10.1. The Morgan fingerprint density at radius 3 is 2.61 bits per heavy atom. The lowest BCUT2D eigenvalue weighted by Gasteiger charge is -2.12. The molecule has 94 valence electrons. The van der Waals surface area contributed by atoms with Gasteiger partial charge >= 0.3 is 0 Å². The van der Waals surface area contributed by atoms with Crippen molar-refractivity contribution in [1.29, 1.82) is 0 Å². The van der Waals surface area contributed by atoms with Crippen LogP contribution in [0.2, 0.25) is 0 Å². The Kier molecular flexibility index (Phi) is 3.62. The van der Waals surface area contributed by atoms with Gasteiger partial charge in [0.05, 0.1) is 6.10 Å². The van der Waals surface area contributed by atoms with E-state index in [0.717, 1.165) is 11.3 Å². The number of hydrogen-bond acceptors (Lipinski definition) is 3. The number of nitrogens with one attached hydrogen (secondary N) is 2. The van der Waals surface area contributed by atoms with Crippen LogP contribution in [-0.4, -0.2) is 17.1 Å². The first-order chi connectivity index (χ1) is 8.56.